The van der Waals surface area contributed by atoms with Gasteiger partial charge in [-0.1, -0.05) is 36.4 Å². The number of carbonyl (C=O) groups excluding carboxylic acids is 1. The molecule has 33 heavy (non-hydrogen) atoms. The molecule has 0 aliphatic rings. The first kappa shape index (κ1) is 24.3. The van der Waals surface area contributed by atoms with E-state index in [1.54, 1.807) is 55.6 Å². The number of ether oxygens (including phenoxy) is 2. The number of amides is 1. The lowest BCUT2D eigenvalue weighted by Gasteiger charge is -2.28. The molecule has 7 nitrogen and oxygen atoms in total. The predicted octanol–water partition coefficient (Wildman–Crippen LogP) is 4.40. The van der Waals surface area contributed by atoms with E-state index in [2.05, 4.69) is 5.32 Å². The molecular weight excluding hydrogens is 440 g/mol. The lowest BCUT2D eigenvalue weighted by atomic mass is 10.0. The molecule has 3 rings (SSSR count). The van der Waals surface area contributed by atoms with Crippen molar-refractivity contribution in [2.24, 2.45) is 0 Å². The normalized spacial score (nSPS) is 12.3. The highest BCUT2D eigenvalue weighted by Crippen LogP contribution is 2.31. The topological polar surface area (TPSA) is 84.9 Å². The van der Waals surface area contributed by atoms with E-state index in [0.29, 0.717) is 22.7 Å². The summed E-state index contributed by atoms with van der Waals surface area (Å²) in [5.41, 5.74) is 2.16. The van der Waals surface area contributed by atoms with Gasteiger partial charge in [-0.2, -0.15) is 4.31 Å². The molecule has 174 valence electrons. The number of nitrogens with one attached hydrogen (secondary N) is 1. The highest BCUT2D eigenvalue weighted by atomic mass is 32.2. The van der Waals surface area contributed by atoms with Gasteiger partial charge in [-0.3, -0.25) is 4.79 Å². The van der Waals surface area contributed by atoms with Gasteiger partial charge in [-0.05, 0) is 54.4 Å². The lowest BCUT2D eigenvalue weighted by Crippen LogP contribution is -2.33. The summed E-state index contributed by atoms with van der Waals surface area (Å²) in [7, 11) is 0.726. The van der Waals surface area contributed by atoms with Crippen LogP contribution in [0.15, 0.2) is 77.7 Å². The standard InChI is InChI=1S/C25H28N2O5S/c1-18-10-15-24(32-4)22(16-18)26-25(28)17-23(19-11-13-20(31-3)14-12-19)27(2)33(29,30)21-8-6-5-7-9-21/h5-16,23H,17H2,1-4H3,(H,26,28)/t23-/m1/s1. The third kappa shape index (κ3) is 5.71. The summed E-state index contributed by atoms with van der Waals surface area (Å²) in [6, 6.07) is 19.9. The second kappa shape index (κ2) is 10.5. The first-order valence-corrected chi connectivity index (χ1v) is 11.8. The number of hydrogen-bond donors (Lipinski definition) is 1. The second-order valence-electron chi connectivity index (χ2n) is 7.58. The zero-order valence-electron chi connectivity index (χ0n) is 19.1. The minimum Gasteiger partial charge on any atom is -0.497 e. The van der Waals surface area contributed by atoms with Crippen molar-refractivity contribution in [1.29, 1.82) is 0 Å². The van der Waals surface area contributed by atoms with Crippen molar-refractivity contribution in [2.45, 2.75) is 24.3 Å². The van der Waals surface area contributed by atoms with E-state index in [1.807, 2.05) is 19.1 Å². The van der Waals surface area contributed by atoms with E-state index in [1.165, 1.54) is 30.6 Å². The molecule has 0 fully saturated rings. The van der Waals surface area contributed by atoms with Crippen LogP contribution < -0.4 is 14.8 Å². The highest BCUT2D eigenvalue weighted by Gasteiger charge is 2.31. The summed E-state index contributed by atoms with van der Waals surface area (Å²) in [6.45, 7) is 1.91. The van der Waals surface area contributed by atoms with E-state index in [0.717, 1.165) is 5.56 Å². The molecule has 3 aromatic carbocycles. The Balaban J connectivity index is 1.93. The van der Waals surface area contributed by atoms with Crippen LogP contribution in [0.4, 0.5) is 5.69 Å². The minimum absolute atomic E-state index is 0.0913. The summed E-state index contributed by atoms with van der Waals surface area (Å²) >= 11 is 0. The van der Waals surface area contributed by atoms with E-state index in [9.17, 15) is 13.2 Å². The fourth-order valence-corrected chi connectivity index (χ4v) is 4.87. The predicted molar refractivity (Wildman–Crippen MR) is 128 cm³/mol. The van der Waals surface area contributed by atoms with Crippen molar-refractivity contribution in [3.63, 3.8) is 0 Å². The first-order chi connectivity index (χ1) is 15.8. The number of anilines is 1. The maximum atomic E-state index is 13.3. The van der Waals surface area contributed by atoms with Crippen molar-refractivity contribution in [3.8, 4) is 11.5 Å². The number of nitrogens with zero attached hydrogens (tertiary/aromatic N) is 1. The Kier molecular flexibility index (Phi) is 7.73. The average molecular weight is 469 g/mol. The summed E-state index contributed by atoms with van der Waals surface area (Å²) in [5.74, 6) is 0.829. The van der Waals surface area contributed by atoms with Crippen LogP contribution in [0.1, 0.15) is 23.6 Å². The Morgan fingerprint density at radius 1 is 0.970 bits per heavy atom. The summed E-state index contributed by atoms with van der Waals surface area (Å²) in [4.78, 5) is 13.2. The van der Waals surface area contributed by atoms with Crippen molar-refractivity contribution in [3.05, 3.63) is 83.9 Å². The molecule has 3 aromatic rings. The minimum atomic E-state index is -3.84. The molecular formula is C25H28N2O5S. The molecule has 1 amide bonds. The van der Waals surface area contributed by atoms with Gasteiger partial charge in [-0.15, -0.1) is 0 Å². The monoisotopic (exact) mass is 468 g/mol. The fraction of sp³-hybridized carbons (Fsp3) is 0.240. The molecule has 0 radical (unpaired) electrons. The summed E-state index contributed by atoms with van der Waals surface area (Å²) < 4.78 is 38.4. The van der Waals surface area contributed by atoms with Crippen molar-refractivity contribution in [1.82, 2.24) is 4.31 Å². The van der Waals surface area contributed by atoms with Crippen LogP contribution in [-0.2, 0) is 14.8 Å². The Hall–Kier alpha value is -3.36. The van der Waals surface area contributed by atoms with Gasteiger partial charge in [0.1, 0.15) is 11.5 Å². The Morgan fingerprint density at radius 3 is 2.24 bits per heavy atom. The number of benzene rings is 3. The number of carbonyl (C=O) groups is 1. The van der Waals surface area contributed by atoms with Crippen molar-refractivity contribution < 1.29 is 22.7 Å². The van der Waals surface area contributed by atoms with Crippen LogP contribution in [0.3, 0.4) is 0 Å². The molecule has 0 aliphatic heterocycles. The zero-order valence-corrected chi connectivity index (χ0v) is 19.9. The lowest BCUT2D eigenvalue weighted by molar-refractivity contribution is -0.117. The molecule has 1 N–H and O–H groups in total. The van der Waals surface area contributed by atoms with E-state index >= 15 is 0 Å². The SMILES string of the molecule is COc1ccc([C@@H](CC(=O)Nc2cc(C)ccc2OC)N(C)S(=O)(=O)c2ccccc2)cc1. The van der Waals surface area contributed by atoms with Gasteiger partial charge in [0.25, 0.3) is 0 Å². The van der Waals surface area contributed by atoms with Crippen molar-refractivity contribution >= 4 is 21.6 Å². The second-order valence-corrected chi connectivity index (χ2v) is 9.58. The van der Waals surface area contributed by atoms with E-state index < -0.39 is 16.1 Å². The molecule has 0 bridgehead atoms. The number of methoxy groups -OCH3 is 2. The zero-order chi connectivity index (χ0) is 24.0. The van der Waals surface area contributed by atoms with Crippen molar-refractivity contribution in [2.75, 3.05) is 26.6 Å². The van der Waals surface area contributed by atoms with Crippen LogP contribution in [-0.4, -0.2) is 39.9 Å². The molecule has 0 aromatic heterocycles. The molecule has 0 aliphatic carbocycles. The quantitative estimate of drug-likeness (QED) is 0.503. The van der Waals surface area contributed by atoms with Gasteiger partial charge in [0.05, 0.1) is 30.8 Å². The Bertz CT molecular complexity index is 1200. The van der Waals surface area contributed by atoms with Crippen LogP contribution in [0, 0.1) is 6.92 Å². The van der Waals surface area contributed by atoms with Gasteiger partial charge in [0.15, 0.2) is 0 Å². The van der Waals surface area contributed by atoms with Gasteiger partial charge in [0, 0.05) is 13.5 Å². The van der Waals surface area contributed by atoms with E-state index in [4.69, 9.17) is 9.47 Å². The van der Waals surface area contributed by atoms with E-state index in [-0.39, 0.29) is 17.2 Å². The highest BCUT2D eigenvalue weighted by molar-refractivity contribution is 7.89. The largest absolute Gasteiger partial charge is 0.497 e. The number of rotatable bonds is 9. The van der Waals surface area contributed by atoms with Gasteiger partial charge in [-0.25, -0.2) is 8.42 Å². The van der Waals surface area contributed by atoms with Gasteiger partial charge < -0.3 is 14.8 Å². The van der Waals surface area contributed by atoms with Gasteiger partial charge in [0.2, 0.25) is 15.9 Å². The number of hydrogen-bond acceptors (Lipinski definition) is 5. The molecule has 0 heterocycles. The average Bonchev–Trinajstić information content (AvgIpc) is 2.83. The third-order valence-corrected chi connectivity index (χ3v) is 7.25. The number of sulfonamides is 1. The van der Waals surface area contributed by atoms with Gasteiger partial charge >= 0.3 is 0 Å². The smallest absolute Gasteiger partial charge is 0.243 e. The van der Waals surface area contributed by atoms with Crippen LogP contribution in [0.2, 0.25) is 0 Å². The van der Waals surface area contributed by atoms with Crippen LogP contribution >= 0.6 is 0 Å². The van der Waals surface area contributed by atoms with Crippen LogP contribution in [0.5, 0.6) is 11.5 Å². The fourth-order valence-electron chi connectivity index (χ4n) is 3.50. The Labute approximate surface area is 195 Å². The molecule has 0 saturated carbocycles. The van der Waals surface area contributed by atoms with Crippen LogP contribution in [0.25, 0.3) is 0 Å². The maximum Gasteiger partial charge on any atom is 0.243 e. The molecule has 0 spiro atoms. The summed E-state index contributed by atoms with van der Waals surface area (Å²) in [5, 5.41) is 2.86. The molecule has 0 unspecified atom stereocenters. The first-order valence-electron chi connectivity index (χ1n) is 10.4. The maximum absolute atomic E-state index is 13.3. The molecule has 0 saturated heterocycles. The Morgan fingerprint density at radius 2 is 1.64 bits per heavy atom. The number of aryl methyl sites for hydroxylation is 1. The molecule has 8 heteroatoms. The third-order valence-electron chi connectivity index (χ3n) is 5.37. The molecule has 1 atom stereocenters. The summed E-state index contributed by atoms with van der Waals surface area (Å²) in [6.07, 6.45) is -0.0913.